The van der Waals surface area contributed by atoms with Gasteiger partial charge >= 0.3 is 18.0 Å². The Morgan fingerprint density at radius 1 is 1.41 bits per heavy atom. The lowest BCUT2D eigenvalue weighted by atomic mass is 10.0. The van der Waals surface area contributed by atoms with Crippen LogP contribution in [0.3, 0.4) is 0 Å². The summed E-state index contributed by atoms with van der Waals surface area (Å²) in [5, 5.41) is 11.5. The summed E-state index contributed by atoms with van der Waals surface area (Å²) in [7, 11) is 0. The van der Waals surface area contributed by atoms with Gasteiger partial charge in [0.1, 0.15) is 11.1 Å². The highest BCUT2D eigenvalue weighted by molar-refractivity contribution is 14.1. The Bertz CT molecular complexity index is 470. The highest BCUT2D eigenvalue weighted by atomic mass is 127. The number of alkyl halides is 1. The number of aliphatic carboxylic acids is 1. The fourth-order valence-electron chi connectivity index (χ4n) is 2.79. The number of fused-ring (bicyclic) bond motifs is 1. The number of ether oxygens (including phenoxy) is 1. The van der Waals surface area contributed by atoms with Crippen molar-refractivity contribution < 1.29 is 25.6 Å². The van der Waals surface area contributed by atoms with Crippen molar-refractivity contribution in [1.82, 2.24) is 10.2 Å². The molecule has 3 rings (SSSR count). The van der Waals surface area contributed by atoms with E-state index in [2.05, 4.69) is 10.1 Å². The van der Waals surface area contributed by atoms with Crippen LogP contribution in [0, 0.1) is 0 Å². The Morgan fingerprint density at radius 3 is 2.45 bits per heavy atom. The van der Waals surface area contributed by atoms with Gasteiger partial charge in [0.25, 0.3) is 0 Å². The number of carboxylic acids is 1. The van der Waals surface area contributed by atoms with E-state index in [9.17, 15) is 14.4 Å². The van der Waals surface area contributed by atoms with Crippen LogP contribution in [0.4, 0.5) is 4.79 Å². The molecule has 0 spiro atoms. The van der Waals surface area contributed by atoms with Crippen LogP contribution >= 0.6 is 22.6 Å². The molecule has 0 bridgehead atoms. The zero-order chi connectivity index (χ0) is 17.7. The molecule has 22 heavy (non-hydrogen) atoms. The third kappa shape index (κ3) is 3.70. The van der Waals surface area contributed by atoms with Gasteiger partial charge in [0.2, 0.25) is 0 Å². The summed E-state index contributed by atoms with van der Waals surface area (Å²) >= 11 is 1.96. The number of carboxylic acid groups (broad SMARTS) is 1. The minimum atomic E-state index is -0.736. The second-order valence-electron chi connectivity index (χ2n) is 5.85. The number of amides is 1. The van der Waals surface area contributed by atoms with Gasteiger partial charge < -0.3 is 15.2 Å². The van der Waals surface area contributed by atoms with Gasteiger partial charge in [0, 0.05) is 7.92 Å². The molecule has 3 aliphatic rings. The molecule has 0 unspecified atom stereocenters. The molecule has 0 aromatic carbocycles. The van der Waals surface area contributed by atoms with E-state index in [-0.39, 0.29) is 5.97 Å². The maximum absolute atomic E-state index is 11.1. The molecule has 3 heterocycles. The monoisotopic (exact) mass is 427 g/mol. The number of hydrogen-bond acceptors (Lipinski definition) is 5. The molecule has 3 saturated heterocycles. The minimum absolute atomic E-state index is 0.389. The molecule has 126 valence electrons. The number of rotatable bonds is 1. The standard InChI is InChI=1S/C7H9NO3.C6H11NO2.CH3I/c1-7-3-2-4-8(7)6(10)11-5(7)9;1-6(5(8)9)3-2-4-7-6;1-2/h2-4H2,1H3;7H,2-4H2,1H3,(H,8,9);1H3/t7-;6-;/m11./s1/i;;1D. The first-order valence-electron chi connectivity index (χ1n) is 7.79. The first kappa shape index (κ1) is 17.5. The van der Waals surface area contributed by atoms with Gasteiger partial charge in [-0.1, -0.05) is 22.6 Å². The van der Waals surface area contributed by atoms with Gasteiger partial charge in [-0.3, -0.25) is 9.69 Å². The molecule has 1 amide bonds. The number of carbonyl (C=O) groups is 3. The second kappa shape index (κ2) is 7.58. The molecule has 2 N–H and O–H groups in total. The molecule has 3 fully saturated rings. The highest BCUT2D eigenvalue weighted by Gasteiger charge is 2.54. The lowest BCUT2D eigenvalue weighted by molar-refractivity contribution is -0.143. The van der Waals surface area contributed by atoms with Crippen LogP contribution in [0.5, 0.6) is 0 Å². The summed E-state index contributed by atoms with van der Waals surface area (Å²) in [4.78, 5) is 34.5. The van der Waals surface area contributed by atoms with Crippen LogP contribution in [-0.2, 0) is 14.3 Å². The van der Waals surface area contributed by atoms with Crippen LogP contribution < -0.4 is 5.32 Å². The minimum Gasteiger partial charge on any atom is -0.480 e. The average molecular weight is 427 g/mol. The molecule has 0 aliphatic carbocycles. The van der Waals surface area contributed by atoms with Crippen molar-refractivity contribution in [2.75, 3.05) is 18.0 Å². The van der Waals surface area contributed by atoms with Crippen molar-refractivity contribution in [3.8, 4) is 0 Å². The zero-order valence-electron chi connectivity index (χ0n) is 13.9. The quantitative estimate of drug-likeness (QED) is 0.287. The maximum Gasteiger partial charge on any atom is 0.418 e. The first-order valence-corrected chi connectivity index (χ1v) is 8.61. The number of nitrogens with zero attached hydrogens (tertiary/aromatic N) is 1. The van der Waals surface area contributed by atoms with Crippen molar-refractivity contribution in [3.63, 3.8) is 0 Å². The molecule has 8 heteroatoms. The third-order valence-electron chi connectivity index (χ3n) is 4.32. The fourth-order valence-corrected chi connectivity index (χ4v) is 2.79. The van der Waals surface area contributed by atoms with E-state index >= 15 is 0 Å². The molecule has 0 saturated carbocycles. The molecule has 0 radical (unpaired) electrons. The van der Waals surface area contributed by atoms with Gasteiger partial charge in [-0.2, -0.15) is 0 Å². The van der Waals surface area contributed by atoms with Gasteiger partial charge in [0.05, 0.1) is 0 Å². The van der Waals surface area contributed by atoms with E-state index in [1.165, 1.54) is 4.90 Å². The summed E-state index contributed by atoms with van der Waals surface area (Å²) in [5.74, 6) is -1.12. The lowest BCUT2D eigenvalue weighted by Gasteiger charge is -2.19. The van der Waals surface area contributed by atoms with Crippen molar-refractivity contribution in [1.29, 1.82) is 0 Å². The molecule has 3 aliphatic heterocycles. The van der Waals surface area contributed by atoms with Crippen LogP contribution in [0.2, 0.25) is 0 Å². The number of nitrogens with one attached hydrogen (secondary N) is 1. The highest BCUT2D eigenvalue weighted by Crippen LogP contribution is 2.35. The number of carbonyl (C=O) groups excluding carboxylic acids is 2. The van der Waals surface area contributed by atoms with E-state index in [0.29, 0.717) is 11.5 Å². The van der Waals surface area contributed by atoms with E-state index in [0.717, 1.165) is 32.2 Å². The van der Waals surface area contributed by atoms with Gasteiger partial charge in [-0.25, -0.2) is 9.59 Å². The average Bonchev–Trinajstić information content (AvgIpc) is 3.12. The lowest BCUT2D eigenvalue weighted by Crippen LogP contribution is -2.44. The Kier molecular flexibility index (Phi) is 6.01. The Morgan fingerprint density at radius 2 is 2.05 bits per heavy atom. The largest absolute Gasteiger partial charge is 0.480 e. The van der Waals surface area contributed by atoms with Crippen LogP contribution in [0.15, 0.2) is 0 Å². The number of hydrogen-bond donors (Lipinski definition) is 2. The van der Waals surface area contributed by atoms with Gasteiger partial charge in [0.15, 0.2) is 0 Å². The zero-order valence-corrected chi connectivity index (χ0v) is 15.0. The first-order chi connectivity index (χ1) is 10.7. The fraction of sp³-hybridized carbons (Fsp3) is 0.786. The molecular formula is C14H23IN2O5. The Labute approximate surface area is 145 Å². The third-order valence-corrected chi connectivity index (χ3v) is 4.32. The van der Waals surface area contributed by atoms with Crippen LogP contribution in [0.25, 0.3) is 0 Å². The smallest absolute Gasteiger partial charge is 0.418 e. The summed E-state index contributed by atoms with van der Waals surface area (Å²) in [6.07, 6.45) is 2.88. The molecular weight excluding hydrogens is 403 g/mol. The Balaban J connectivity index is 0.000000200. The van der Waals surface area contributed by atoms with Gasteiger partial charge in [-0.15, -0.1) is 0 Å². The number of cyclic esters (lactones) is 2. The molecule has 7 nitrogen and oxygen atoms in total. The predicted molar refractivity (Wildman–Crippen MR) is 89.1 cm³/mol. The van der Waals surface area contributed by atoms with Gasteiger partial charge in [-0.05, 0) is 51.0 Å². The number of halogens is 1. The maximum atomic E-state index is 11.1. The normalized spacial score (nSPS) is 33.0. The summed E-state index contributed by atoms with van der Waals surface area (Å²) in [6, 6.07) is 0. The molecule has 0 aromatic heterocycles. The molecule has 0 aromatic rings. The van der Waals surface area contributed by atoms with E-state index in [1.54, 1.807) is 13.8 Å². The summed E-state index contributed by atoms with van der Waals surface area (Å²) in [6.45, 7) is 4.97. The second-order valence-corrected chi connectivity index (χ2v) is 5.85. The van der Waals surface area contributed by atoms with Crippen molar-refractivity contribution in [3.05, 3.63) is 0 Å². The van der Waals surface area contributed by atoms with E-state index in [1.807, 2.05) is 22.6 Å². The van der Waals surface area contributed by atoms with E-state index in [4.69, 9.17) is 6.48 Å². The predicted octanol–water partition coefficient (Wildman–Crippen LogP) is 1.78. The van der Waals surface area contributed by atoms with Crippen molar-refractivity contribution in [2.45, 2.75) is 50.6 Å². The topological polar surface area (TPSA) is 95.9 Å². The van der Waals surface area contributed by atoms with E-state index < -0.39 is 23.1 Å². The summed E-state index contributed by atoms with van der Waals surface area (Å²) < 4.78 is 10.7. The molecule has 2 atom stereocenters. The van der Waals surface area contributed by atoms with Crippen LogP contribution in [0.1, 0.15) is 40.9 Å². The van der Waals surface area contributed by atoms with Crippen molar-refractivity contribution >= 4 is 40.6 Å². The SMILES string of the molecule is C[C@]1(C(=O)O)CCCN1.C[C@]12CCCN1C(=O)OC2=O.[2H]CI. The van der Waals surface area contributed by atoms with Crippen LogP contribution in [-0.4, -0.2) is 57.1 Å². The Hall–Kier alpha value is -0.900. The number of esters is 1. The summed E-state index contributed by atoms with van der Waals surface area (Å²) in [5.41, 5.74) is -1.28. The van der Waals surface area contributed by atoms with Crippen molar-refractivity contribution in [2.24, 2.45) is 0 Å².